The quantitative estimate of drug-likeness (QED) is 0.589. The van der Waals surface area contributed by atoms with Gasteiger partial charge in [0.2, 0.25) is 0 Å². The first-order valence-corrected chi connectivity index (χ1v) is 3.45. The van der Waals surface area contributed by atoms with Crippen molar-refractivity contribution in [3.05, 3.63) is 0 Å². The van der Waals surface area contributed by atoms with Crippen molar-refractivity contribution in [2.24, 2.45) is 5.92 Å². The summed E-state index contributed by atoms with van der Waals surface area (Å²) in [6.07, 6.45) is 1.07. The number of quaternary nitrogens is 1. The molecule has 2 heteroatoms. The highest BCUT2D eigenvalue weighted by Crippen LogP contribution is 2.39. The number of Topliss-reactive ketones (excluding diaryl/α,β-unsaturated/α-hetero) is 1. The van der Waals surface area contributed by atoms with Crippen molar-refractivity contribution in [2.45, 2.75) is 33.2 Å². The first-order valence-electron chi connectivity index (χ1n) is 3.45. The van der Waals surface area contributed by atoms with E-state index in [9.17, 15) is 4.79 Å². The van der Waals surface area contributed by atoms with Crippen LogP contribution < -0.4 is 5.32 Å². The lowest BCUT2D eigenvalue weighted by Gasteiger charge is -2.05. The van der Waals surface area contributed by atoms with Crippen LogP contribution in [-0.4, -0.2) is 18.4 Å². The van der Waals surface area contributed by atoms with Crippen LogP contribution in [-0.2, 0) is 4.79 Å². The highest BCUT2D eigenvalue weighted by Gasteiger charge is 2.58. The normalized spacial score (nSPS) is 36.5. The van der Waals surface area contributed by atoms with E-state index >= 15 is 0 Å². The third-order valence-electron chi connectivity index (χ3n) is 2.53. The maximum atomic E-state index is 10.9. The minimum atomic E-state index is -0.0139. The number of likely N-dealkylation sites (N-methyl/N-ethyl adjacent to an activating group) is 1. The fourth-order valence-electron chi connectivity index (χ4n) is 1.54. The van der Waals surface area contributed by atoms with E-state index in [4.69, 9.17) is 0 Å². The van der Waals surface area contributed by atoms with Crippen molar-refractivity contribution in [1.29, 1.82) is 0 Å². The Morgan fingerprint density at radius 1 is 1.70 bits per heavy atom. The summed E-state index contributed by atoms with van der Waals surface area (Å²) in [7, 11) is 1.98. The van der Waals surface area contributed by atoms with Gasteiger partial charge >= 0.3 is 0 Å². The summed E-state index contributed by atoms with van der Waals surface area (Å²) in [4.78, 5) is 10.9. The van der Waals surface area contributed by atoms with E-state index in [0.29, 0.717) is 11.7 Å². The number of carbonyl (C=O) groups excluding carboxylic acids is 1. The van der Waals surface area contributed by atoms with Crippen molar-refractivity contribution in [1.82, 2.24) is 0 Å². The third kappa shape index (κ3) is 1.08. The van der Waals surface area contributed by atoms with Gasteiger partial charge in [-0.2, -0.15) is 0 Å². The van der Waals surface area contributed by atoms with Crippen LogP contribution in [0.3, 0.4) is 0 Å². The molecule has 0 spiro atoms. The molecule has 2 N–H and O–H groups in total. The molecule has 60 valence electrons. The second-order valence-electron chi connectivity index (χ2n) is 2.99. The van der Waals surface area contributed by atoms with Crippen LogP contribution in [0.2, 0.25) is 0 Å². The van der Waals surface area contributed by atoms with Gasteiger partial charge in [-0.25, -0.2) is 0 Å². The lowest BCUT2D eigenvalue weighted by Crippen LogP contribution is -2.91. The van der Waals surface area contributed by atoms with E-state index in [-0.39, 0.29) is 13.0 Å². The van der Waals surface area contributed by atoms with Gasteiger partial charge in [-0.1, -0.05) is 14.4 Å². The summed E-state index contributed by atoms with van der Waals surface area (Å²) in [6.45, 7) is 3.81. The summed E-state index contributed by atoms with van der Waals surface area (Å²) in [5.74, 6) is 0.928. The van der Waals surface area contributed by atoms with Crippen LogP contribution >= 0.6 is 0 Å². The second-order valence-corrected chi connectivity index (χ2v) is 2.99. The molecule has 1 saturated carbocycles. The van der Waals surface area contributed by atoms with Crippen LogP contribution in [0.4, 0.5) is 0 Å². The van der Waals surface area contributed by atoms with Crippen LogP contribution in [0.1, 0.15) is 27.7 Å². The maximum absolute atomic E-state index is 10.9. The largest absolute Gasteiger partial charge is 0.337 e. The van der Waals surface area contributed by atoms with Crippen molar-refractivity contribution < 1.29 is 10.1 Å². The average Bonchev–Trinajstić information content (AvgIpc) is 2.43. The second kappa shape index (κ2) is 2.70. The van der Waals surface area contributed by atoms with Crippen molar-refractivity contribution in [3.63, 3.8) is 0 Å². The molecule has 0 aromatic rings. The van der Waals surface area contributed by atoms with Crippen LogP contribution in [0.15, 0.2) is 0 Å². The number of hydrogen-bond acceptors (Lipinski definition) is 1. The third-order valence-corrected chi connectivity index (χ3v) is 2.53. The fourth-order valence-corrected chi connectivity index (χ4v) is 1.54. The average molecular weight is 144 g/mol. The van der Waals surface area contributed by atoms with Gasteiger partial charge in [0.25, 0.3) is 0 Å². The number of rotatable bonds is 2. The van der Waals surface area contributed by atoms with Gasteiger partial charge in [-0.05, 0) is 0 Å². The standard InChI is InChI=1S/C7H13NO.CH4/c1-5-4-7(5,8-3)6(2)9;/h5,8H,4H2,1-3H3;1H4/p+1/t5?,7-;/m1./s1. The highest BCUT2D eigenvalue weighted by molar-refractivity contribution is 5.87. The Morgan fingerprint density at radius 3 is 2.10 bits per heavy atom. The Labute approximate surface area is 63.0 Å². The Balaban J connectivity index is 0.000000810. The molecule has 0 amide bonds. The minimum absolute atomic E-state index is 0. The lowest BCUT2D eigenvalue weighted by atomic mass is 10.1. The van der Waals surface area contributed by atoms with Crippen molar-refractivity contribution in [2.75, 3.05) is 7.05 Å². The zero-order chi connectivity index (χ0) is 7.07. The topological polar surface area (TPSA) is 33.7 Å². The van der Waals surface area contributed by atoms with E-state index in [1.807, 2.05) is 12.4 Å². The molecule has 0 aromatic carbocycles. The summed E-state index contributed by atoms with van der Waals surface area (Å²) < 4.78 is 0. The zero-order valence-electron chi connectivity index (χ0n) is 6.27. The molecule has 0 bridgehead atoms. The van der Waals surface area contributed by atoms with Crippen LogP contribution in [0, 0.1) is 5.92 Å². The molecule has 0 saturated heterocycles. The highest BCUT2D eigenvalue weighted by atomic mass is 16.1. The maximum Gasteiger partial charge on any atom is 0.190 e. The summed E-state index contributed by atoms with van der Waals surface area (Å²) in [5, 5.41) is 2.04. The smallest absolute Gasteiger partial charge is 0.190 e. The number of carbonyl (C=O) groups is 1. The van der Waals surface area contributed by atoms with Gasteiger partial charge in [0.1, 0.15) is 0 Å². The predicted molar refractivity (Wildman–Crippen MR) is 41.8 cm³/mol. The first-order chi connectivity index (χ1) is 4.13. The van der Waals surface area contributed by atoms with Gasteiger partial charge in [-0.15, -0.1) is 0 Å². The summed E-state index contributed by atoms with van der Waals surface area (Å²) in [6, 6.07) is 0. The monoisotopic (exact) mass is 144 g/mol. The molecule has 0 radical (unpaired) electrons. The van der Waals surface area contributed by atoms with E-state index in [0.717, 1.165) is 6.42 Å². The zero-order valence-corrected chi connectivity index (χ0v) is 6.27. The minimum Gasteiger partial charge on any atom is -0.337 e. The van der Waals surface area contributed by atoms with E-state index < -0.39 is 0 Å². The molecule has 10 heavy (non-hydrogen) atoms. The lowest BCUT2D eigenvalue weighted by molar-refractivity contribution is -0.666. The van der Waals surface area contributed by atoms with E-state index in [1.54, 1.807) is 6.92 Å². The Bertz CT molecular complexity index is 140. The molecular formula is C8H18NO+. The summed E-state index contributed by atoms with van der Waals surface area (Å²) in [5.41, 5.74) is -0.0139. The molecular weight excluding hydrogens is 126 g/mol. The molecule has 1 aliphatic carbocycles. The Kier molecular flexibility index (Phi) is 2.60. The predicted octanol–water partition coefficient (Wildman–Crippen LogP) is 0.183. The number of ketones is 1. The Morgan fingerprint density at radius 2 is 2.10 bits per heavy atom. The van der Waals surface area contributed by atoms with Gasteiger partial charge < -0.3 is 5.32 Å². The molecule has 0 aliphatic heterocycles. The van der Waals surface area contributed by atoms with E-state index in [1.165, 1.54) is 0 Å². The summed E-state index contributed by atoms with van der Waals surface area (Å²) >= 11 is 0. The fraction of sp³-hybridized carbons (Fsp3) is 0.875. The van der Waals surface area contributed by atoms with Gasteiger partial charge in [0, 0.05) is 19.3 Å². The molecule has 1 rings (SSSR count). The SMILES string of the molecule is C.C[NH2+][C@]1(C(C)=O)CC1C. The van der Waals surface area contributed by atoms with E-state index in [2.05, 4.69) is 6.92 Å². The van der Waals surface area contributed by atoms with Crippen LogP contribution in [0.25, 0.3) is 0 Å². The van der Waals surface area contributed by atoms with Crippen molar-refractivity contribution >= 4 is 5.78 Å². The molecule has 1 aliphatic rings. The van der Waals surface area contributed by atoms with Crippen LogP contribution in [0.5, 0.6) is 0 Å². The first kappa shape index (κ1) is 9.63. The molecule has 1 fully saturated rings. The molecule has 0 heterocycles. The number of hydrogen-bond donors (Lipinski definition) is 1. The molecule has 2 atom stereocenters. The molecule has 2 nitrogen and oxygen atoms in total. The molecule has 0 aromatic heterocycles. The van der Waals surface area contributed by atoms with Gasteiger partial charge in [0.05, 0.1) is 7.05 Å². The Hall–Kier alpha value is -0.370. The van der Waals surface area contributed by atoms with Gasteiger partial charge in [0.15, 0.2) is 11.3 Å². The van der Waals surface area contributed by atoms with Gasteiger partial charge in [-0.3, -0.25) is 4.79 Å². The number of nitrogens with two attached hydrogens (primary N) is 1. The van der Waals surface area contributed by atoms with Crippen molar-refractivity contribution in [3.8, 4) is 0 Å². The molecule has 1 unspecified atom stereocenters.